The fraction of sp³-hybridized carbons (Fsp3) is 0.222. The molecule has 3 heteroatoms. The van der Waals surface area contributed by atoms with Gasteiger partial charge in [0.2, 0.25) is 0 Å². The number of hydrogen-bond acceptors (Lipinski definition) is 2. The van der Waals surface area contributed by atoms with Crippen LogP contribution in [0.25, 0.3) is 11.0 Å². The van der Waals surface area contributed by atoms with Crippen molar-refractivity contribution in [2.24, 2.45) is 0 Å². The van der Waals surface area contributed by atoms with E-state index >= 15 is 0 Å². The van der Waals surface area contributed by atoms with Crippen molar-refractivity contribution in [3.63, 3.8) is 0 Å². The number of anilines is 1. The van der Waals surface area contributed by atoms with Gasteiger partial charge in [-0.3, -0.25) is 0 Å². The van der Waals surface area contributed by atoms with Crippen LogP contribution < -0.4 is 5.32 Å². The van der Waals surface area contributed by atoms with Crippen molar-refractivity contribution in [2.75, 3.05) is 5.32 Å². The molecule has 2 nitrogen and oxygen atoms in total. The maximum atomic E-state index is 5.82. The highest BCUT2D eigenvalue weighted by Crippen LogP contribution is 2.29. The van der Waals surface area contributed by atoms with Crippen LogP contribution in [0.1, 0.15) is 22.5 Å². The van der Waals surface area contributed by atoms with Crippen LogP contribution in [-0.2, 0) is 6.54 Å². The SMILES string of the molecule is Cc1cc(Br)cc(C)c1NCc1c(C)oc2ccccc12. The lowest BCUT2D eigenvalue weighted by Crippen LogP contribution is -2.03. The van der Waals surface area contributed by atoms with Gasteiger partial charge >= 0.3 is 0 Å². The summed E-state index contributed by atoms with van der Waals surface area (Å²) in [7, 11) is 0. The fourth-order valence-corrected chi connectivity index (χ4v) is 3.49. The van der Waals surface area contributed by atoms with Gasteiger partial charge in [-0.1, -0.05) is 34.1 Å². The minimum Gasteiger partial charge on any atom is -0.461 e. The maximum Gasteiger partial charge on any atom is 0.134 e. The molecular formula is C18H18BrNO. The molecule has 0 saturated heterocycles. The van der Waals surface area contributed by atoms with Crippen molar-refractivity contribution in [1.29, 1.82) is 0 Å². The lowest BCUT2D eigenvalue weighted by Gasteiger charge is -2.13. The van der Waals surface area contributed by atoms with Gasteiger partial charge in [0.05, 0.1) is 0 Å². The van der Waals surface area contributed by atoms with Crippen molar-refractivity contribution in [2.45, 2.75) is 27.3 Å². The summed E-state index contributed by atoms with van der Waals surface area (Å²) in [5.74, 6) is 0.983. The van der Waals surface area contributed by atoms with E-state index in [0.29, 0.717) is 0 Å². The first kappa shape index (κ1) is 14.2. The second-order valence-electron chi connectivity index (χ2n) is 5.40. The Balaban J connectivity index is 1.92. The summed E-state index contributed by atoms with van der Waals surface area (Å²) in [4.78, 5) is 0. The predicted molar refractivity (Wildman–Crippen MR) is 91.9 cm³/mol. The molecule has 0 bridgehead atoms. The number of benzene rings is 2. The van der Waals surface area contributed by atoms with Crippen molar-refractivity contribution in [3.8, 4) is 0 Å². The maximum absolute atomic E-state index is 5.82. The van der Waals surface area contributed by atoms with Gasteiger partial charge in [-0.15, -0.1) is 0 Å². The Hall–Kier alpha value is -1.74. The number of fused-ring (bicyclic) bond motifs is 1. The van der Waals surface area contributed by atoms with E-state index < -0.39 is 0 Å². The summed E-state index contributed by atoms with van der Waals surface area (Å²) in [6, 6.07) is 12.5. The molecule has 3 rings (SSSR count). The van der Waals surface area contributed by atoms with E-state index in [0.717, 1.165) is 22.4 Å². The van der Waals surface area contributed by atoms with Crippen molar-refractivity contribution in [1.82, 2.24) is 0 Å². The molecule has 0 unspecified atom stereocenters. The van der Waals surface area contributed by atoms with Gasteiger partial charge in [0, 0.05) is 27.7 Å². The van der Waals surface area contributed by atoms with E-state index in [1.165, 1.54) is 27.8 Å². The second kappa shape index (κ2) is 5.57. The van der Waals surface area contributed by atoms with Crippen LogP contribution >= 0.6 is 15.9 Å². The van der Waals surface area contributed by atoms with E-state index in [2.05, 4.69) is 59.4 Å². The van der Waals surface area contributed by atoms with Gasteiger partial charge in [-0.25, -0.2) is 0 Å². The van der Waals surface area contributed by atoms with Crippen molar-refractivity contribution in [3.05, 3.63) is 63.3 Å². The number of aryl methyl sites for hydroxylation is 3. The molecule has 0 amide bonds. The third kappa shape index (κ3) is 2.70. The first-order valence-electron chi connectivity index (χ1n) is 7.04. The quantitative estimate of drug-likeness (QED) is 0.656. The molecule has 0 aliphatic rings. The van der Waals surface area contributed by atoms with E-state index in [4.69, 9.17) is 4.42 Å². The molecule has 108 valence electrons. The largest absolute Gasteiger partial charge is 0.461 e. The number of furan rings is 1. The number of halogens is 1. The van der Waals surface area contributed by atoms with E-state index in [1.807, 2.05) is 19.1 Å². The molecular weight excluding hydrogens is 326 g/mol. The average Bonchev–Trinajstić information content (AvgIpc) is 2.73. The molecule has 1 aromatic heterocycles. The number of nitrogens with one attached hydrogen (secondary N) is 1. The number of para-hydroxylation sites is 1. The molecule has 0 atom stereocenters. The summed E-state index contributed by atoms with van der Waals surface area (Å²) >= 11 is 3.54. The average molecular weight is 344 g/mol. The highest BCUT2D eigenvalue weighted by atomic mass is 79.9. The smallest absolute Gasteiger partial charge is 0.134 e. The Morgan fingerprint density at radius 3 is 2.43 bits per heavy atom. The Morgan fingerprint density at radius 1 is 1.05 bits per heavy atom. The minimum atomic E-state index is 0.770. The van der Waals surface area contributed by atoms with Crippen LogP contribution in [0.3, 0.4) is 0 Å². The van der Waals surface area contributed by atoms with Crippen molar-refractivity contribution < 1.29 is 4.42 Å². The van der Waals surface area contributed by atoms with Gasteiger partial charge in [-0.05, 0) is 50.1 Å². The summed E-state index contributed by atoms with van der Waals surface area (Å²) in [6.45, 7) is 7.05. The third-order valence-corrected chi connectivity index (χ3v) is 4.30. The van der Waals surface area contributed by atoms with E-state index in [-0.39, 0.29) is 0 Å². The van der Waals surface area contributed by atoms with Gasteiger partial charge in [0.25, 0.3) is 0 Å². The topological polar surface area (TPSA) is 25.2 Å². The standard InChI is InChI=1S/C18H18BrNO/c1-11-8-14(19)9-12(2)18(11)20-10-16-13(3)21-17-7-5-4-6-15(16)17/h4-9,20H,10H2,1-3H3. The summed E-state index contributed by atoms with van der Waals surface area (Å²) < 4.78 is 6.94. The van der Waals surface area contributed by atoms with Crippen LogP contribution in [0.2, 0.25) is 0 Å². The molecule has 0 saturated carbocycles. The van der Waals surface area contributed by atoms with E-state index in [1.54, 1.807) is 0 Å². The number of hydrogen-bond donors (Lipinski definition) is 1. The zero-order valence-electron chi connectivity index (χ0n) is 12.5. The zero-order chi connectivity index (χ0) is 15.0. The summed E-state index contributed by atoms with van der Waals surface area (Å²) in [5, 5.41) is 4.75. The Kier molecular flexibility index (Phi) is 3.77. The summed E-state index contributed by atoms with van der Waals surface area (Å²) in [5.41, 5.74) is 5.87. The van der Waals surface area contributed by atoms with Gasteiger partial charge in [-0.2, -0.15) is 0 Å². The lowest BCUT2D eigenvalue weighted by molar-refractivity contribution is 0.573. The Morgan fingerprint density at radius 2 is 1.71 bits per heavy atom. The normalized spacial score (nSPS) is 11.0. The van der Waals surface area contributed by atoms with Gasteiger partial charge in [0.15, 0.2) is 0 Å². The monoisotopic (exact) mass is 343 g/mol. The molecule has 0 radical (unpaired) electrons. The molecule has 21 heavy (non-hydrogen) atoms. The zero-order valence-corrected chi connectivity index (χ0v) is 14.0. The molecule has 0 spiro atoms. The highest BCUT2D eigenvalue weighted by molar-refractivity contribution is 9.10. The number of rotatable bonds is 3. The van der Waals surface area contributed by atoms with Crippen LogP contribution in [0.5, 0.6) is 0 Å². The van der Waals surface area contributed by atoms with Crippen LogP contribution in [-0.4, -0.2) is 0 Å². The first-order chi connectivity index (χ1) is 10.1. The molecule has 0 aliphatic heterocycles. The third-order valence-electron chi connectivity index (χ3n) is 3.84. The molecule has 1 heterocycles. The van der Waals surface area contributed by atoms with Crippen molar-refractivity contribution >= 4 is 32.6 Å². The summed E-state index contributed by atoms with van der Waals surface area (Å²) in [6.07, 6.45) is 0. The molecule has 0 fully saturated rings. The predicted octanol–water partition coefficient (Wildman–Crippen LogP) is 5.73. The van der Waals surface area contributed by atoms with Gasteiger partial charge in [0.1, 0.15) is 11.3 Å². The minimum absolute atomic E-state index is 0.770. The van der Waals surface area contributed by atoms with Gasteiger partial charge < -0.3 is 9.73 Å². The Labute approximate surface area is 133 Å². The highest BCUT2D eigenvalue weighted by Gasteiger charge is 2.11. The molecule has 3 aromatic rings. The van der Waals surface area contributed by atoms with Crippen LogP contribution in [0.4, 0.5) is 5.69 Å². The molecule has 1 N–H and O–H groups in total. The van der Waals surface area contributed by atoms with Crippen LogP contribution in [0.15, 0.2) is 45.3 Å². The lowest BCUT2D eigenvalue weighted by atomic mass is 10.1. The Bertz CT molecular complexity index is 781. The second-order valence-corrected chi connectivity index (χ2v) is 6.32. The first-order valence-corrected chi connectivity index (χ1v) is 7.83. The molecule has 0 aliphatic carbocycles. The fourth-order valence-electron chi connectivity index (χ4n) is 2.81. The van der Waals surface area contributed by atoms with E-state index in [9.17, 15) is 0 Å². The molecule has 2 aromatic carbocycles. The van der Waals surface area contributed by atoms with Crippen LogP contribution in [0, 0.1) is 20.8 Å².